The maximum Gasteiger partial charge on any atom is 0.273 e. The van der Waals surface area contributed by atoms with Crippen molar-refractivity contribution in [3.8, 4) is 11.5 Å². The van der Waals surface area contributed by atoms with Crippen molar-refractivity contribution >= 4 is 67.0 Å². The van der Waals surface area contributed by atoms with Gasteiger partial charge in [0.15, 0.2) is 11.5 Å². The molecule has 246 valence electrons. The summed E-state index contributed by atoms with van der Waals surface area (Å²) < 4.78 is 41.5. The first-order valence-corrected chi connectivity index (χ1v) is 17.5. The van der Waals surface area contributed by atoms with E-state index in [2.05, 4.69) is 26.5 Å². The van der Waals surface area contributed by atoms with E-state index in [9.17, 15) is 13.2 Å². The van der Waals surface area contributed by atoms with Crippen molar-refractivity contribution < 1.29 is 22.7 Å². The number of sulfonamides is 1. The van der Waals surface area contributed by atoms with Gasteiger partial charge in [0.2, 0.25) is 0 Å². The fraction of sp³-hybridized carbons (Fsp3) is 0.111. The number of hydrazone groups is 1. The quantitative estimate of drug-likeness (QED) is 0.101. The first-order chi connectivity index (χ1) is 23.0. The third-order valence-corrected chi connectivity index (χ3v) is 10.1. The van der Waals surface area contributed by atoms with Crippen LogP contribution >= 0.6 is 39.1 Å². The van der Waals surface area contributed by atoms with Gasteiger partial charge in [0.25, 0.3) is 15.9 Å². The largest absolute Gasteiger partial charge is 0.493 e. The van der Waals surface area contributed by atoms with Crippen molar-refractivity contribution in [2.24, 2.45) is 5.10 Å². The van der Waals surface area contributed by atoms with Crippen molar-refractivity contribution in [1.82, 2.24) is 5.43 Å². The Morgan fingerprint density at radius 1 is 0.896 bits per heavy atom. The number of carbonyl (C=O) groups excluding carboxylic acids is 1. The number of para-hydroxylation sites is 1. The first-order valence-electron chi connectivity index (χ1n) is 14.6. The van der Waals surface area contributed by atoms with E-state index in [1.807, 2.05) is 19.1 Å². The van der Waals surface area contributed by atoms with Gasteiger partial charge in [-0.1, -0.05) is 77.3 Å². The molecule has 5 rings (SSSR count). The van der Waals surface area contributed by atoms with Gasteiger partial charge in [-0.2, -0.15) is 5.10 Å². The number of anilines is 1. The van der Waals surface area contributed by atoms with E-state index < -0.39 is 15.9 Å². The molecule has 0 atom stereocenters. The minimum absolute atomic E-state index is 0.0405. The van der Waals surface area contributed by atoms with E-state index in [0.29, 0.717) is 43.8 Å². The number of halogens is 3. The summed E-state index contributed by atoms with van der Waals surface area (Å²) in [6.07, 6.45) is 1.45. The van der Waals surface area contributed by atoms with Gasteiger partial charge in [0.1, 0.15) is 6.61 Å². The highest BCUT2D eigenvalue weighted by atomic mass is 79.9. The average Bonchev–Trinajstić information content (AvgIpc) is 3.08. The van der Waals surface area contributed by atoms with Gasteiger partial charge >= 0.3 is 0 Å². The number of benzene rings is 5. The molecule has 1 N–H and O–H groups in total. The molecule has 0 unspecified atom stereocenters. The second-order valence-corrected chi connectivity index (χ2v) is 14.2. The summed E-state index contributed by atoms with van der Waals surface area (Å²) in [5, 5.41) is 5.31. The van der Waals surface area contributed by atoms with E-state index in [4.69, 9.17) is 32.7 Å². The van der Waals surface area contributed by atoms with Gasteiger partial charge in [-0.05, 0) is 100 Å². The third-order valence-electron chi connectivity index (χ3n) is 7.19. The van der Waals surface area contributed by atoms with Crippen molar-refractivity contribution in [3.05, 3.63) is 152 Å². The molecule has 0 radical (unpaired) electrons. The molecule has 0 saturated carbocycles. The summed E-state index contributed by atoms with van der Waals surface area (Å²) in [7, 11) is -2.57. The van der Waals surface area contributed by atoms with Gasteiger partial charge in [-0.3, -0.25) is 9.10 Å². The number of aryl methyl sites for hydroxylation is 1. The maximum absolute atomic E-state index is 14.1. The monoisotopic (exact) mass is 765 g/mol. The molecule has 48 heavy (non-hydrogen) atoms. The average molecular weight is 768 g/mol. The lowest BCUT2D eigenvalue weighted by Crippen LogP contribution is -2.33. The fourth-order valence-electron chi connectivity index (χ4n) is 4.69. The Kier molecular flexibility index (Phi) is 11.4. The Balaban J connectivity index is 1.39. The standard InChI is InChI=1S/C36H30BrCl2N3O5S/c1-24-7-17-30(18-8-24)48(44,45)42(22-25-9-13-28(38)14-10-25)33-6-4-3-5-31(33)36(43)41-40-21-27-19-32(37)35(34(20-27)46-2)47-23-26-11-15-29(39)16-12-26/h3-21H,22-23H2,1-2H3,(H,41,43)/b40-21-. The third kappa shape index (κ3) is 8.56. The molecule has 0 bridgehead atoms. The molecule has 0 aromatic heterocycles. The van der Waals surface area contributed by atoms with Crippen LogP contribution in [0.4, 0.5) is 5.69 Å². The molecule has 12 heteroatoms. The summed E-state index contributed by atoms with van der Waals surface area (Å²) in [5.74, 6) is 0.352. The van der Waals surface area contributed by atoms with E-state index in [1.165, 1.54) is 17.6 Å². The molecular formula is C36H30BrCl2N3O5S. The first kappa shape index (κ1) is 35.0. The number of nitrogens with one attached hydrogen (secondary N) is 1. The van der Waals surface area contributed by atoms with Crippen LogP contribution in [-0.4, -0.2) is 27.6 Å². The molecule has 5 aromatic carbocycles. The van der Waals surface area contributed by atoms with E-state index in [-0.39, 0.29) is 22.7 Å². The highest BCUT2D eigenvalue weighted by Gasteiger charge is 2.28. The molecular weight excluding hydrogens is 737 g/mol. The number of hydrogen-bond donors (Lipinski definition) is 1. The van der Waals surface area contributed by atoms with Crippen molar-refractivity contribution in [2.45, 2.75) is 25.0 Å². The number of ether oxygens (including phenoxy) is 2. The number of nitrogens with zero attached hydrogens (tertiary/aromatic N) is 2. The Bertz CT molecular complexity index is 2040. The topological polar surface area (TPSA) is 97.3 Å². The predicted octanol–water partition coefficient (Wildman–Crippen LogP) is 8.81. The van der Waals surface area contributed by atoms with Crippen LogP contribution in [0, 0.1) is 6.92 Å². The number of amides is 1. The van der Waals surface area contributed by atoms with E-state index in [1.54, 1.807) is 97.1 Å². The van der Waals surface area contributed by atoms with Gasteiger partial charge < -0.3 is 9.47 Å². The zero-order valence-electron chi connectivity index (χ0n) is 25.9. The molecule has 5 aromatic rings. The molecule has 8 nitrogen and oxygen atoms in total. The second-order valence-electron chi connectivity index (χ2n) is 10.6. The van der Waals surface area contributed by atoms with Crippen molar-refractivity contribution in [3.63, 3.8) is 0 Å². The fourth-order valence-corrected chi connectivity index (χ4v) is 6.99. The number of methoxy groups -OCH3 is 1. The zero-order valence-corrected chi connectivity index (χ0v) is 29.8. The summed E-state index contributed by atoms with van der Waals surface area (Å²) in [6.45, 7) is 2.13. The molecule has 0 fully saturated rings. The molecule has 0 saturated heterocycles. The van der Waals surface area contributed by atoms with Gasteiger partial charge in [0, 0.05) is 10.0 Å². The lowest BCUT2D eigenvalue weighted by atomic mass is 10.1. The van der Waals surface area contributed by atoms with Crippen LogP contribution in [0.5, 0.6) is 11.5 Å². The van der Waals surface area contributed by atoms with Crippen LogP contribution in [0.3, 0.4) is 0 Å². The minimum Gasteiger partial charge on any atom is -0.493 e. The van der Waals surface area contributed by atoms with Gasteiger partial charge in [-0.15, -0.1) is 0 Å². The lowest BCUT2D eigenvalue weighted by molar-refractivity contribution is 0.0955. The Morgan fingerprint density at radius 3 is 2.17 bits per heavy atom. The number of rotatable bonds is 12. The zero-order chi connectivity index (χ0) is 34.3. The summed E-state index contributed by atoms with van der Waals surface area (Å²) in [4.78, 5) is 13.6. The normalized spacial score (nSPS) is 11.4. The van der Waals surface area contributed by atoms with Crippen LogP contribution in [0.25, 0.3) is 0 Å². The van der Waals surface area contributed by atoms with Crippen molar-refractivity contribution in [1.29, 1.82) is 0 Å². The van der Waals surface area contributed by atoms with Crippen LogP contribution in [0.1, 0.15) is 32.6 Å². The van der Waals surface area contributed by atoms with Crippen LogP contribution in [-0.2, 0) is 23.2 Å². The van der Waals surface area contributed by atoms with E-state index >= 15 is 0 Å². The van der Waals surface area contributed by atoms with Crippen LogP contribution in [0.15, 0.2) is 124 Å². The van der Waals surface area contributed by atoms with Crippen LogP contribution < -0.4 is 19.2 Å². The SMILES string of the molecule is COc1cc(/C=N\NC(=O)c2ccccc2N(Cc2ccc(Cl)cc2)S(=O)(=O)c2ccc(C)cc2)cc(Br)c1OCc1ccc(Cl)cc1. The van der Waals surface area contributed by atoms with Crippen LogP contribution in [0.2, 0.25) is 10.0 Å². The second kappa shape index (κ2) is 15.7. The molecule has 0 spiro atoms. The summed E-state index contributed by atoms with van der Waals surface area (Å²) >= 11 is 15.6. The highest BCUT2D eigenvalue weighted by molar-refractivity contribution is 9.10. The Morgan fingerprint density at radius 2 is 1.52 bits per heavy atom. The Hall–Kier alpha value is -4.35. The number of carbonyl (C=O) groups is 1. The molecule has 0 heterocycles. The van der Waals surface area contributed by atoms with Crippen molar-refractivity contribution in [2.75, 3.05) is 11.4 Å². The summed E-state index contributed by atoms with van der Waals surface area (Å²) in [5.41, 5.74) is 5.97. The van der Waals surface area contributed by atoms with Gasteiger partial charge in [-0.25, -0.2) is 13.8 Å². The Labute approximate surface area is 298 Å². The molecule has 0 aliphatic carbocycles. The minimum atomic E-state index is -4.09. The maximum atomic E-state index is 14.1. The smallest absolute Gasteiger partial charge is 0.273 e. The molecule has 1 amide bonds. The lowest BCUT2D eigenvalue weighted by Gasteiger charge is -2.26. The highest BCUT2D eigenvalue weighted by Crippen LogP contribution is 2.37. The number of hydrogen-bond acceptors (Lipinski definition) is 6. The van der Waals surface area contributed by atoms with Gasteiger partial charge in [0.05, 0.1) is 40.5 Å². The molecule has 0 aliphatic heterocycles. The molecule has 0 aliphatic rings. The summed E-state index contributed by atoms with van der Waals surface area (Å²) in [6, 6.07) is 30.7. The van der Waals surface area contributed by atoms with E-state index in [0.717, 1.165) is 11.1 Å². The predicted molar refractivity (Wildman–Crippen MR) is 194 cm³/mol.